The first kappa shape index (κ1) is 14.7. The molecule has 1 aromatic heterocycles. The van der Waals surface area contributed by atoms with Crippen LogP contribution >= 0.6 is 0 Å². The van der Waals surface area contributed by atoms with Gasteiger partial charge in [-0.25, -0.2) is 0 Å². The van der Waals surface area contributed by atoms with Gasteiger partial charge in [-0.15, -0.1) is 0 Å². The van der Waals surface area contributed by atoms with Crippen LogP contribution in [-0.2, 0) is 13.1 Å². The van der Waals surface area contributed by atoms with E-state index in [-0.39, 0.29) is 5.56 Å². The van der Waals surface area contributed by atoms with Gasteiger partial charge < -0.3 is 14.6 Å². The van der Waals surface area contributed by atoms with Crippen molar-refractivity contribution < 1.29 is 4.74 Å². The van der Waals surface area contributed by atoms with E-state index in [1.54, 1.807) is 42.1 Å². The molecule has 0 spiro atoms. The molecule has 0 saturated heterocycles. The zero-order valence-corrected chi connectivity index (χ0v) is 12.1. The highest BCUT2D eigenvalue weighted by atomic mass is 16.5. The highest BCUT2D eigenvalue weighted by molar-refractivity contribution is 5.47. The van der Waals surface area contributed by atoms with E-state index < -0.39 is 0 Å². The predicted octanol–water partition coefficient (Wildman–Crippen LogP) is 2.36. The molecule has 0 aliphatic rings. The number of aromatic nitrogens is 1. The molecule has 0 amide bonds. The molecule has 108 valence electrons. The van der Waals surface area contributed by atoms with Crippen molar-refractivity contribution >= 4 is 5.69 Å². The fourth-order valence-corrected chi connectivity index (χ4v) is 2.04. The third kappa shape index (κ3) is 3.42. The van der Waals surface area contributed by atoms with Crippen LogP contribution in [0.2, 0.25) is 0 Å². The Morgan fingerprint density at radius 2 is 2.14 bits per heavy atom. The fourth-order valence-electron chi connectivity index (χ4n) is 2.04. The van der Waals surface area contributed by atoms with Gasteiger partial charge in [-0.05, 0) is 30.7 Å². The van der Waals surface area contributed by atoms with Gasteiger partial charge in [0.25, 0.3) is 5.56 Å². The Labute approximate surface area is 123 Å². The zero-order chi connectivity index (χ0) is 15.2. The number of hydrogen-bond donors (Lipinski definition) is 1. The van der Waals surface area contributed by atoms with Crippen LogP contribution in [0.25, 0.3) is 0 Å². The van der Waals surface area contributed by atoms with E-state index in [4.69, 9.17) is 10.00 Å². The molecule has 0 saturated carbocycles. The van der Waals surface area contributed by atoms with Gasteiger partial charge in [0.1, 0.15) is 11.8 Å². The predicted molar refractivity (Wildman–Crippen MR) is 81.4 cm³/mol. The van der Waals surface area contributed by atoms with Crippen molar-refractivity contribution in [1.29, 1.82) is 5.26 Å². The van der Waals surface area contributed by atoms with Crippen molar-refractivity contribution in [3.05, 3.63) is 58.0 Å². The number of pyridine rings is 1. The molecule has 1 N–H and O–H groups in total. The number of methoxy groups -OCH3 is 1. The third-order valence-corrected chi connectivity index (χ3v) is 3.21. The molecule has 2 aromatic rings. The first-order chi connectivity index (χ1) is 10.2. The van der Waals surface area contributed by atoms with Crippen molar-refractivity contribution in [3.8, 4) is 11.8 Å². The number of nitrogens with zero attached hydrogens (tertiary/aromatic N) is 2. The van der Waals surface area contributed by atoms with Gasteiger partial charge in [-0.2, -0.15) is 5.26 Å². The van der Waals surface area contributed by atoms with E-state index in [1.807, 2.05) is 13.0 Å². The minimum atomic E-state index is -0.0146. The molecule has 0 fully saturated rings. The van der Waals surface area contributed by atoms with Gasteiger partial charge in [0.05, 0.1) is 18.4 Å². The van der Waals surface area contributed by atoms with E-state index in [2.05, 4.69) is 11.4 Å². The van der Waals surface area contributed by atoms with E-state index >= 15 is 0 Å². The second-order valence-electron chi connectivity index (χ2n) is 4.54. The molecule has 5 nitrogen and oxygen atoms in total. The Kier molecular flexibility index (Phi) is 4.62. The highest BCUT2D eigenvalue weighted by Gasteiger charge is 2.04. The Balaban J connectivity index is 2.13. The lowest BCUT2D eigenvalue weighted by Crippen LogP contribution is -2.17. The van der Waals surface area contributed by atoms with Gasteiger partial charge in [-0.1, -0.05) is 6.07 Å². The van der Waals surface area contributed by atoms with Crippen molar-refractivity contribution in [3.63, 3.8) is 0 Å². The molecule has 1 aromatic carbocycles. The minimum absolute atomic E-state index is 0.0146. The average Bonchev–Trinajstić information content (AvgIpc) is 2.53. The second kappa shape index (κ2) is 6.62. The number of aryl methyl sites for hydroxylation is 1. The van der Waals surface area contributed by atoms with Crippen molar-refractivity contribution in [2.45, 2.75) is 20.0 Å². The summed E-state index contributed by atoms with van der Waals surface area (Å²) in [5, 5.41) is 12.3. The maximum Gasteiger partial charge on any atom is 0.250 e. The number of nitrogens with one attached hydrogen (secondary N) is 1. The molecule has 0 bridgehead atoms. The van der Waals surface area contributed by atoms with E-state index in [1.165, 1.54) is 0 Å². The van der Waals surface area contributed by atoms with Crippen LogP contribution in [0.4, 0.5) is 5.69 Å². The molecule has 1 heterocycles. The number of ether oxygens (including phenoxy) is 1. The number of anilines is 1. The summed E-state index contributed by atoms with van der Waals surface area (Å²) in [7, 11) is 1.54. The van der Waals surface area contributed by atoms with Crippen LogP contribution in [0.3, 0.4) is 0 Å². The Hall–Kier alpha value is -2.74. The number of hydrogen-bond acceptors (Lipinski definition) is 4. The smallest absolute Gasteiger partial charge is 0.250 e. The molecule has 0 atom stereocenters. The summed E-state index contributed by atoms with van der Waals surface area (Å²) in [6.07, 6.45) is 1.79. The van der Waals surface area contributed by atoms with Crippen LogP contribution in [0.5, 0.6) is 5.75 Å². The van der Waals surface area contributed by atoms with E-state index in [0.29, 0.717) is 24.4 Å². The van der Waals surface area contributed by atoms with Crippen LogP contribution in [0.15, 0.2) is 41.3 Å². The Morgan fingerprint density at radius 1 is 1.33 bits per heavy atom. The highest BCUT2D eigenvalue weighted by Crippen LogP contribution is 2.19. The molecule has 2 rings (SSSR count). The normalized spacial score (nSPS) is 9.95. The summed E-state index contributed by atoms with van der Waals surface area (Å²) in [5.74, 6) is 0.570. The van der Waals surface area contributed by atoms with E-state index in [0.717, 1.165) is 11.3 Å². The molecule has 5 heteroatoms. The van der Waals surface area contributed by atoms with Crippen LogP contribution in [0, 0.1) is 11.3 Å². The quantitative estimate of drug-likeness (QED) is 0.914. The Bertz CT molecular complexity index is 729. The molecule has 0 unspecified atom stereocenters. The summed E-state index contributed by atoms with van der Waals surface area (Å²) in [4.78, 5) is 11.5. The average molecular weight is 283 g/mol. The summed E-state index contributed by atoms with van der Waals surface area (Å²) in [6, 6.07) is 10.9. The largest absolute Gasteiger partial charge is 0.495 e. The second-order valence-corrected chi connectivity index (χ2v) is 4.54. The van der Waals surface area contributed by atoms with Crippen molar-refractivity contribution in [2.24, 2.45) is 0 Å². The topological polar surface area (TPSA) is 67.1 Å². The van der Waals surface area contributed by atoms with Gasteiger partial charge in [-0.3, -0.25) is 4.79 Å². The summed E-state index contributed by atoms with van der Waals surface area (Å²) < 4.78 is 6.75. The van der Waals surface area contributed by atoms with E-state index in [9.17, 15) is 4.79 Å². The lowest BCUT2D eigenvalue weighted by molar-refractivity contribution is 0.413. The first-order valence-electron chi connectivity index (χ1n) is 6.69. The minimum Gasteiger partial charge on any atom is -0.495 e. The van der Waals surface area contributed by atoms with Gasteiger partial charge in [0.2, 0.25) is 0 Å². The van der Waals surface area contributed by atoms with Crippen LogP contribution in [0.1, 0.15) is 18.1 Å². The monoisotopic (exact) mass is 283 g/mol. The molecular weight excluding hydrogens is 266 g/mol. The lowest BCUT2D eigenvalue weighted by Gasteiger charge is -2.10. The molecule has 0 aliphatic carbocycles. The number of nitriles is 1. The summed E-state index contributed by atoms with van der Waals surface area (Å²) in [6.45, 7) is 3.13. The zero-order valence-electron chi connectivity index (χ0n) is 12.1. The molecular formula is C16H17N3O2. The van der Waals surface area contributed by atoms with Gasteiger partial charge >= 0.3 is 0 Å². The summed E-state index contributed by atoms with van der Waals surface area (Å²) in [5.41, 5.74) is 2.34. The number of benzene rings is 1. The lowest BCUT2D eigenvalue weighted by atomic mass is 10.1. The van der Waals surface area contributed by atoms with Gasteiger partial charge in [0.15, 0.2) is 0 Å². The third-order valence-electron chi connectivity index (χ3n) is 3.21. The summed E-state index contributed by atoms with van der Waals surface area (Å²) >= 11 is 0. The van der Waals surface area contributed by atoms with Crippen molar-refractivity contribution in [1.82, 2.24) is 4.57 Å². The van der Waals surface area contributed by atoms with Crippen molar-refractivity contribution in [2.75, 3.05) is 12.4 Å². The standard InChI is InChI=1S/C16H17N3O2/c1-3-19-11-14(5-7-16(19)20)18-10-12-4-6-15(21-2)13(8-12)9-17/h4-8,11,18H,3,10H2,1-2H3. The SMILES string of the molecule is CCn1cc(NCc2ccc(OC)c(C#N)c2)ccc1=O. The number of rotatable bonds is 5. The molecule has 21 heavy (non-hydrogen) atoms. The Morgan fingerprint density at radius 3 is 2.81 bits per heavy atom. The maximum absolute atomic E-state index is 11.5. The van der Waals surface area contributed by atoms with Crippen LogP contribution in [-0.4, -0.2) is 11.7 Å². The van der Waals surface area contributed by atoms with Crippen LogP contribution < -0.4 is 15.6 Å². The maximum atomic E-state index is 11.5. The fraction of sp³-hybridized carbons (Fsp3) is 0.250. The molecule has 0 radical (unpaired) electrons. The molecule has 0 aliphatic heterocycles. The van der Waals surface area contributed by atoms with Gasteiger partial charge in [0, 0.05) is 25.4 Å². The first-order valence-corrected chi connectivity index (χ1v) is 6.69.